The Hall–Kier alpha value is -3.48. The molecule has 2 aliphatic rings. The van der Waals surface area contributed by atoms with Crippen molar-refractivity contribution in [2.24, 2.45) is 0 Å². The van der Waals surface area contributed by atoms with E-state index < -0.39 is 100 Å². The van der Waals surface area contributed by atoms with Crippen molar-refractivity contribution < 1.29 is 42.5 Å². The standard InChI is InChI=1S/C42H59N4O13PSSi2/c1-26-23-45(38(50)43-35(26)47)32-21-30(58-62(9,10)40(3,4)5)34(56-32)37(49)57-60(53,61)59-42(52)22-33(46-24-27(2)36(48)44-39(46)51)55-31(42)25-54-63(41(6,7)8,28-17-13-11-14-18-28)29-19-15-12-16-20-29/h11-20,23-24,30-34,37,49,52H,21-22,25H2,1-10H3,(H,53,61)(H,43,47,50)(H,44,48,51)/t30-,31+,32+,33+,34-,37?,42-,60?/m0/s1. The Morgan fingerprint density at radius 3 is 1.81 bits per heavy atom. The van der Waals surface area contributed by atoms with Crippen LogP contribution in [0.3, 0.4) is 0 Å². The summed E-state index contributed by atoms with van der Waals surface area (Å²) in [5.41, 5.74) is -2.29. The predicted molar refractivity (Wildman–Crippen MR) is 244 cm³/mol. The molecule has 2 aromatic heterocycles. The van der Waals surface area contributed by atoms with E-state index >= 15 is 0 Å². The summed E-state index contributed by atoms with van der Waals surface area (Å²) in [5, 5.41) is 25.3. The molecule has 0 radical (unpaired) electrons. The first-order chi connectivity index (χ1) is 29.2. The number of ether oxygens (including phenoxy) is 2. The Morgan fingerprint density at radius 2 is 1.33 bits per heavy atom. The smallest absolute Gasteiger partial charge is 0.330 e. The lowest BCUT2D eigenvalue weighted by Crippen LogP contribution is -2.67. The maximum Gasteiger partial charge on any atom is 0.330 e. The molecule has 4 aromatic rings. The fourth-order valence-corrected chi connectivity index (χ4v) is 15.5. The number of benzene rings is 2. The fourth-order valence-electron chi connectivity index (χ4n) is 7.89. The van der Waals surface area contributed by atoms with Crippen molar-refractivity contribution in [2.45, 2.75) is 134 Å². The van der Waals surface area contributed by atoms with E-state index in [1.54, 1.807) is 0 Å². The Kier molecular flexibility index (Phi) is 14.0. The number of aromatic nitrogens is 4. The van der Waals surface area contributed by atoms with Gasteiger partial charge in [0, 0.05) is 29.9 Å². The molecule has 17 nitrogen and oxygen atoms in total. The molecule has 0 saturated carbocycles. The molecule has 2 unspecified atom stereocenters. The normalized spacial score (nSPS) is 24.9. The molecule has 8 atom stereocenters. The Balaban J connectivity index is 1.34. The highest BCUT2D eigenvalue weighted by Gasteiger charge is 2.57. The van der Waals surface area contributed by atoms with Crippen LogP contribution in [0.1, 0.15) is 78.0 Å². The van der Waals surface area contributed by atoms with E-state index in [-0.39, 0.29) is 29.2 Å². The van der Waals surface area contributed by atoms with Crippen LogP contribution in [-0.2, 0) is 39.2 Å². The molecule has 0 spiro atoms. The van der Waals surface area contributed by atoms with Crippen molar-refractivity contribution in [3.8, 4) is 0 Å². The van der Waals surface area contributed by atoms with Crippen LogP contribution in [0.25, 0.3) is 0 Å². The number of rotatable bonds is 14. The number of hydrogen-bond donors (Lipinski definition) is 5. The van der Waals surface area contributed by atoms with E-state index in [1.807, 2.05) is 94.5 Å². The number of aliphatic hydroxyl groups excluding tert-OH is 1. The zero-order valence-electron chi connectivity index (χ0n) is 37.2. The average Bonchev–Trinajstić information content (AvgIpc) is 3.73. The van der Waals surface area contributed by atoms with Gasteiger partial charge in [0.15, 0.2) is 14.6 Å². The molecule has 2 saturated heterocycles. The van der Waals surface area contributed by atoms with Crippen molar-refractivity contribution in [3.05, 3.63) is 126 Å². The number of aryl methyl sites for hydroxylation is 2. The van der Waals surface area contributed by atoms with Crippen molar-refractivity contribution >= 4 is 45.5 Å². The van der Waals surface area contributed by atoms with Gasteiger partial charge in [-0.15, -0.1) is 0 Å². The van der Waals surface area contributed by atoms with Crippen LogP contribution in [0.2, 0.25) is 23.2 Å². The Morgan fingerprint density at radius 1 is 0.841 bits per heavy atom. The molecule has 0 amide bonds. The van der Waals surface area contributed by atoms with E-state index in [4.69, 9.17) is 39.2 Å². The first-order valence-electron chi connectivity index (χ1n) is 20.7. The monoisotopic (exact) mass is 946 g/mol. The molecule has 4 heterocycles. The second-order valence-electron chi connectivity index (χ2n) is 18.8. The zero-order valence-corrected chi connectivity index (χ0v) is 40.9. The molecule has 5 N–H and O–H groups in total. The first kappa shape index (κ1) is 49.0. The van der Waals surface area contributed by atoms with Crippen molar-refractivity contribution in [1.82, 2.24) is 19.1 Å². The number of nitrogens with one attached hydrogen (secondary N) is 2. The number of aromatic amines is 2. The quantitative estimate of drug-likeness (QED) is 0.0694. The lowest BCUT2D eigenvalue weighted by Gasteiger charge is -2.44. The van der Waals surface area contributed by atoms with E-state index in [0.717, 1.165) is 14.9 Å². The number of nitrogens with zero attached hydrogens (tertiary/aromatic N) is 2. The SMILES string of the molecule is Cc1cn([C@H]2C[C@H](O[Si](C)(C)C(C)(C)C)[C@@H](C(O)OP(O)(=S)O[C@@]3(O)C[C@H](n4cc(C)c(=O)[nH]c4=O)O[C@@H]3CO[Si](c3ccccc3)(c3ccccc3)C(C)(C)C)O2)c(=O)[nH]c1=O. The second kappa shape index (κ2) is 18.1. The number of aliphatic hydroxyl groups is 2. The lowest BCUT2D eigenvalue weighted by molar-refractivity contribution is -0.202. The molecule has 6 rings (SSSR count). The van der Waals surface area contributed by atoms with Gasteiger partial charge in [-0.25, -0.2) is 9.59 Å². The minimum Gasteiger partial charge on any atom is -0.411 e. The van der Waals surface area contributed by atoms with Crippen LogP contribution < -0.4 is 32.9 Å². The summed E-state index contributed by atoms with van der Waals surface area (Å²) < 4.78 is 40.4. The zero-order chi connectivity index (χ0) is 46.5. The van der Waals surface area contributed by atoms with Gasteiger partial charge in [-0.05, 0) is 59.2 Å². The fraction of sp³-hybridized carbons (Fsp3) is 0.524. The topological polar surface area (TPSA) is 226 Å². The van der Waals surface area contributed by atoms with Gasteiger partial charge in [0.1, 0.15) is 24.7 Å². The third-order valence-corrected chi connectivity index (χ3v) is 23.3. The van der Waals surface area contributed by atoms with E-state index in [1.165, 1.54) is 30.8 Å². The molecule has 63 heavy (non-hydrogen) atoms. The summed E-state index contributed by atoms with van der Waals surface area (Å²) >= 11 is 5.50. The van der Waals surface area contributed by atoms with Crippen LogP contribution in [0.15, 0.2) is 92.2 Å². The van der Waals surface area contributed by atoms with Crippen molar-refractivity contribution in [3.63, 3.8) is 0 Å². The van der Waals surface area contributed by atoms with Crippen LogP contribution in [0.4, 0.5) is 0 Å². The third kappa shape index (κ3) is 10.2. The Labute approximate surface area is 372 Å². The molecular weight excluding hydrogens is 888 g/mol. The van der Waals surface area contributed by atoms with Gasteiger partial charge >= 0.3 is 18.1 Å². The highest BCUT2D eigenvalue weighted by Crippen LogP contribution is 2.54. The van der Waals surface area contributed by atoms with Gasteiger partial charge in [0.2, 0.25) is 5.79 Å². The maximum atomic E-state index is 13.2. The van der Waals surface area contributed by atoms with Crippen LogP contribution in [0.5, 0.6) is 0 Å². The van der Waals surface area contributed by atoms with Crippen molar-refractivity contribution in [2.75, 3.05) is 6.61 Å². The van der Waals surface area contributed by atoms with Gasteiger partial charge in [-0.2, -0.15) is 0 Å². The summed E-state index contributed by atoms with van der Waals surface area (Å²) in [7, 11) is -5.87. The highest BCUT2D eigenvalue weighted by molar-refractivity contribution is 8.07. The number of hydrogen-bond acceptors (Lipinski definition) is 13. The number of H-pyrrole nitrogens is 2. The molecule has 21 heteroatoms. The molecule has 2 aromatic carbocycles. The van der Waals surface area contributed by atoms with Gasteiger partial charge in [0.25, 0.3) is 19.4 Å². The van der Waals surface area contributed by atoms with Crippen LogP contribution >= 0.6 is 6.72 Å². The maximum absolute atomic E-state index is 13.2. The molecule has 0 bridgehead atoms. The van der Waals surface area contributed by atoms with Crippen molar-refractivity contribution in [1.29, 1.82) is 0 Å². The molecule has 0 aliphatic carbocycles. The molecular formula is C42H59N4O13PSSi2. The van der Waals surface area contributed by atoms with Crippen LogP contribution in [-0.4, -0.2) is 87.8 Å². The van der Waals surface area contributed by atoms with E-state index in [2.05, 4.69) is 30.7 Å². The summed E-state index contributed by atoms with van der Waals surface area (Å²) in [4.78, 5) is 67.0. The van der Waals surface area contributed by atoms with Gasteiger partial charge < -0.3 is 33.4 Å². The summed E-state index contributed by atoms with van der Waals surface area (Å²) in [6.45, 7) is 14.3. The lowest BCUT2D eigenvalue weighted by atomic mass is 10.1. The molecule has 2 aliphatic heterocycles. The first-order valence-corrected chi connectivity index (χ1v) is 28.1. The summed E-state index contributed by atoms with van der Waals surface area (Å²) in [6, 6.07) is 19.5. The largest absolute Gasteiger partial charge is 0.411 e. The summed E-state index contributed by atoms with van der Waals surface area (Å²) in [5.74, 6) is -2.51. The molecule has 2 fully saturated rings. The van der Waals surface area contributed by atoms with Gasteiger partial charge in [0.05, 0.1) is 19.1 Å². The van der Waals surface area contributed by atoms with Gasteiger partial charge in [-0.1, -0.05) is 102 Å². The summed E-state index contributed by atoms with van der Waals surface area (Å²) in [6.07, 6.45) is -5.81. The van der Waals surface area contributed by atoms with E-state index in [9.17, 15) is 34.3 Å². The minimum atomic E-state index is -4.72. The average molecular weight is 947 g/mol. The van der Waals surface area contributed by atoms with E-state index in [0.29, 0.717) is 0 Å². The van der Waals surface area contributed by atoms with Gasteiger partial charge in [-0.3, -0.25) is 37.7 Å². The third-order valence-electron chi connectivity index (χ3n) is 12.2. The minimum absolute atomic E-state index is 0.0482. The highest BCUT2D eigenvalue weighted by atomic mass is 32.5. The van der Waals surface area contributed by atoms with Crippen LogP contribution in [0, 0.1) is 13.8 Å². The predicted octanol–water partition coefficient (Wildman–Crippen LogP) is 3.50. The second-order valence-corrected chi connectivity index (χ2v) is 30.6. The molecule has 344 valence electrons. The Bertz CT molecular complexity index is 2520.